The molecule has 2 bridgehead atoms. The average Bonchev–Trinajstić information content (AvgIpc) is 4.24. The smallest absolute Gasteiger partial charge is 0.243 e. The normalized spacial score (nSPS) is 24.9. The number of nitrogens with two attached hydrogens (primary N) is 1. The molecule has 0 spiro atoms. The number of phenolic OH excluding ortho intramolecular Hbond substituents is 1. The van der Waals surface area contributed by atoms with E-state index in [4.69, 9.17) is 26.2 Å². The maximum atomic E-state index is 14.3. The van der Waals surface area contributed by atoms with E-state index < -0.39 is 18.1 Å². The maximum Gasteiger partial charge on any atom is 0.243 e. The van der Waals surface area contributed by atoms with Gasteiger partial charge in [-0.3, -0.25) is 9.59 Å². The van der Waals surface area contributed by atoms with Crippen LogP contribution in [-0.4, -0.2) is 147 Å². The molecule has 18 nitrogen and oxygen atoms in total. The monoisotopic (exact) mass is 1050 g/mol. The number of piperidine rings is 2. The Balaban J connectivity index is 0.600. The Morgan fingerprint density at radius 1 is 0.857 bits per heavy atom. The number of anilines is 4. The fraction of sp³-hybridized carbons (Fsp3) is 0.525. The number of aromatic hydroxyl groups is 1. The Kier molecular flexibility index (Phi) is 15.3. The number of rotatable bonds is 16. The van der Waals surface area contributed by atoms with E-state index in [2.05, 4.69) is 63.3 Å². The van der Waals surface area contributed by atoms with Crippen LogP contribution >= 0.6 is 0 Å². The first kappa shape index (κ1) is 52.1. The zero-order chi connectivity index (χ0) is 53.3. The summed E-state index contributed by atoms with van der Waals surface area (Å²) in [4.78, 5) is 43.8. The molecular weight excluding hydrogens is 975 g/mol. The van der Waals surface area contributed by atoms with Crippen LogP contribution in [0.1, 0.15) is 107 Å². The summed E-state index contributed by atoms with van der Waals surface area (Å²) in [6, 6.07) is 22.1. The minimum Gasteiger partial charge on any atom is -0.507 e. The molecule has 406 valence electrons. The number of terminal acetylenes is 1. The lowest BCUT2D eigenvalue weighted by molar-refractivity contribution is -0.141. The SMILES string of the molecule is C#Cc1ccc([C@H](C)NC(=O)[C@@H]2C[C@@H](O)CN2C(=O)[C@@H](c2cc(N3CCC(CN4CCC(O[C@H]5C[C@H](Oc6cc(N7C8CCC7CN(c7cc(-c9ccccc9O)nnc7N)C8)ccn6)C5)CC4)CC3)no2)C(C)C)cc1. The molecule has 2 unspecified atom stereocenters. The number of nitrogens with zero attached hydrogens (tertiary/aromatic N) is 9. The molecule has 5 aliphatic heterocycles. The second-order valence-corrected chi connectivity index (χ2v) is 22.7. The van der Waals surface area contributed by atoms with Crippen LogP contribution in [0.3, 0.4) is 0 Å². The van der Waals surface area contributed by atoms with Crippen molar-refractivity contribution in [2.75, 3.05) is 72.8 Å². The molecule has 5 saturated heterocycles. The first-order valence-electron chi connectivity index (χ1n) is 27.9. The van der Waals surface area contributed by atoms with Crippen molar-refractivity contribution in [2.45, 2.75) is 133 Å². The minimum atomic E-state index is -0.805. The van der Waals surface area contributed by atoms with Crippen molar-refractivity contribution < 1.29 is 33.8 Å². The highest BCUT2D eigenvalue weighted by atomic mass is 16.5. The highest BCUT2D eigenvalue weighted by Gasteiger charge is 2.45. The predicted molar refractivity (Wildman–Crippen MR) is 293 cm³/mol. The first-order valence-corrected chi connectivity index (χ1v) is 27.9. The number of hydrogen-bond acceptors (Lipinski definition) is 16. The van der Waals surface area contributed by atoms with Gasteiger partial charge in [0.25, 0.3) is 0 Å². The lowest BCUT2D eigenvalue weighted by Gasteiger charge is -2.43. The molecule has 6 fully saturated rings. The van der Waals surface area contributed by atoms with E-state index in [1.165, 1.54) is 4.90 Å². The van der Waals surface area contributed by atoms with Gasteiger partial charge in [0.15, 0.2) is 17.4 Å². The van der Waals surface area contributed by atoms with Crippen LogP contribution in [0.15, 0.2) is 83.5 Å². The number of para-hydroxylation sites is 1. The van der Waals surface area contributed by atoms with E-state index in [9.17, 15) is 19.8 Å². The summed E-state index contributed by atoms with van der Waals surface area (Å²) in [5, 5.41) is 37.2. The van der Waals surface area contributed by atoms with Gasteiger partial charge in [0.2, 0.25) is 17.7 Å². The predicted octanol–water partition coefficient (Wildman–Crippen LogP) is 6.54. The highest BCUT2D eigenvalue weighted by molar-refractivity contribution is 5.91. The third-order valence-electron chi connectivity index (χ3n) is 17.1. The number of ether oxygens (including phenoxy) is 2. The molecule has 3 aromatic heterocycles. The van der Waals surface area contributed by atoms with Gasteiger partial charge in [-0.15, -0.1) is 16.6 Å². The summed E-state index contributed by atoms with van der Waals surface area (Å²) in [5.74, 6) is 4.28. The molecular formula is C59H73N11O7. The summed E-state index contributed by atoms with van der Waals surface area (Å²) in [7, 11) is 0. The second kappa shape index (κ2) is 22.6. The topological polar surface area (TPSA) is 212 Å². The molecule has 18 heteroatoms. The van der Waals surface area contributed by atoms with Gasteiger partial charge in [0.05, 0.1) is 35.7 Å². The molecule has 11 rings (SSSR count). The van der Waals surface area contributed by atoms with Crippen LogP contribution in [0.5, 0.6) is 11.6 Å². The fourth-order valence-electron chi connectivity index (χ4n) is 12.8. The number of piperazine rings is 1. The summed E-state index contributed by atoms with van der Waals surface area (Å²) in [5.41, 5.74) is 11.3. The van der Waals surface area contributed by atoms with Crippen LogP contribution < -0.4 is 30.5 Å². The van der Waals surface area contributed by atoms with Gasteiger partial charge in [0.1, 0.15) is 23.8 Å². The number of likely N-dealkylation sites (tertiary alicyclic amines) is 2. The van der Waals surface area contributed by atoms with Crippen molar-refractivity contribution in [2.24, 2.45) is 11.8 Å². The van der Waals surface area contributed by atoms with Crippen molar-refractivity contribution in [1.29, 1.82) is 0 Å². The lowest BCUT2D eigenvalue weighted by atomic mass is 9.91. The number of fused-ring (bicyclic) bond motifs is 2. The Labute approximate surface area is 451 Å². The van der Waals surface area contributed by atoms with Gasteiger partial charge < -0.3 is 59.8 Å². The third kappa shape index (κ3) is 11.4. The largest absolute Gasteiger partial charge is 0.507 e. The lowest BCUT2D eigenvalue weighted by Crippen LogP contribution is -2.54. The molecule has 2 amide bonds. The number of β-amino-alcohol motifs (C(OH)–C–C–N with tert-alkyl or cyclic N) is 1. The Morgan fingerprint density at radius 3 is 2.31 bits per heavy atom. The second-order valence-electron chi connectivity index (χ2n) is 22.7. The number of nitrogens with one attached hydrogen (secondary N) is 1. The van der Waals surface area contributed by atoms with E-state index in [1.807, 2.05) is 75.5 Å². The summed E-state index contributed by atoms with van der Waals surface area (Å²) in [6.45, 7) is 12.4. The molecule has 5 aromatic rings. The standard InChI is InChI=1S/C59H73N11O7/c1-5-38-10-12-40(13-11-38)37(4)62-58(73)51-27-44(71)35-69(51)59(74)56(36(2)3)53-31-54(65-77-53)67-24-17-39(18-25-67)32-66-22-19-45(20-23-66)75-46-28-47(29-46)76-55-26-41(16-21-61-55)70-42-14-15-43(70)34-68(33-42)50-30-49(63-64-57(50)60)48-8-6-7-9-52(48)72/h1,6-13,16,21,26,30-31,36-37,39,42-47,51,56,71-72H,14-15,17-20,22-25,27-29,32-35H2,2-4H3,(H2,60,64)(H,62,73)/t37-,42?,43?,44+,46-,47-,51-,56+/m0/s1. The molecule has 2 aromatic carbocycles. The molecule has 6 aliphatic rings. The van der Waals surface area contributed by atoms with E-state index in [0.29, 0.717) is 46.7 Å². The number of phenols is 1. The van der Waals surface area contributed by atoms with E-state index in [1.54, 1.807) is 12.1 Å². The van der Waals surface area contributed by atoms with Crippen LogP contribution in [0.2, 0.25) is 0 Å². The molecule has 6 atom stereocenters. The number of amides is 2. The van der Waals surface area contributed by atoms with Crippen LogP contribution in [0.4, 0.5) is 23.0 Å². The number of nitrogen functional groups attached to an aromatic ring is 1. The summed E-state index contributed by atoms with van der Waals surface area (Å²) in [6.07, 6.45) is 15.3. The van der Waals surface area contributed by atoms with Gasteiger partial charge in [-0.25, -0.2) is 4.98 Å². The fourth-order valence-corrected chi connectivity index (χ4v) is 12.8. The number of benzene rings is 2. The number of aliphatic hydroxyl groups excluding tert-OH is 1. The van der Waals surface area contributed by atoms with E-state index >= 15 is 0 Å². The van der Waals surface area contributed by atoms with Crippen molar-refractivity contribution in [1.82, 2.24) is 35.5 Å². The molecule has 77 heavy (non-hydrogen) atoms. The number of aliphatic hydroxyl groups is 1. The van der Waals surface area contributed by atoms with Crippen molar-refractivity contribution in [3.05, 3.63) is 95.9 Å². The molecule has 0 radical (unpaired) electrons. The third-order valence-corrected chi connectivity index (χ3v) is 17.1. The zero-order valence-electron chi connectivity index (χ0n) is 44.5. The highest BCUT2D eigenvalue weighted by Crippen LogP contribution is 2.41. The van der Waals surface area contributed by atoms with Crippen molar-refractivity contribution >= 4 is 34.8 Å². The van der Waals surface area contributed by atoms with Crippen molar-refractivity contribution in [3.63, 3.8) is 0 Å². The zero-order valence-corrected chi connectivity index (χ0v) is 44.5. The van der Waals surface area contributed by atoms with Gasteiger partial charge in [-0.1, -0.05) is 49.2 Å². The van der Waals surface area contributed by atoms with Crippen molar-refractivity contribution in [3.8, 4) is 35.2 Å². The molecule has 1 saturated carbocycles. The number of carbonyl (C=O) groups excluding carboxylic acids is 2. The first-order chi connectivity index (χ1) is 37.3. The molecule has 8 heterocycles. The van der Waals surface area contributed by atoms with Crippen LogP contribution in [0, 0.1) is 24.2 Å². The summed E-state index contributed by atoms with van der Waals surface area (Å²) < 4.78 is 19.0. The minimum absolute atomic E-state index is 0.0785. The quantitative estimate of drug-likeness (QED) is 0.0773. The van der Waals surface area contributed by atoms with Gasteiger partial charge in [0, 0.05) is 119 Å². The Morgan fingerprint density at radius 2 is 1.60 bits per heavy atom. The van der Waals surface area contributed by atoms with Gasteiger partial charge in [-0.05, 0) is 99.2 Å². The Hall–Kier alpha value is -6.94. The number of aromatic nitrogens is 4. The summed E-state index contributed by atoms with van der Waals surface area (Å²) >= 11 is 0. The number of carbonyl (C=O) groups is 2. The maximum absolute atomic E-state index is 14.3. The average molecular weight is 1050 g/mol. The number of hydrogen-bond donors (Lipinski definition) is 4. The van der Waals surface area contributed by atoms with E-state index in [0.717, 1.165) is 125 Å². The Bertz CT molecular complexity index is 2890. The molecule has 1 aliphatic carbocycles. The van der Waals surface area contributed by atoms with Gasteiger partial charge >= 0.3 is 0 Å². The van der Waals surface area contributed by atoms with E-state index in [-0.39, 0.29) is 60.8 Å². The van der Waals surface area contributed by atoms with Crippen LogP contribution in [0.25, 0.3) is 11.3 Å². The van der Waals surface area contributed by atoms with Gasteiger partial charge in [-0.2, -0.15) is 0 Å². The molecule has 5 N–H and O–H groups in total. The number of pyridine rings is 1. The van der Waals surface area contributed by atoms with Crippen LogP contribution in [-0.2, 0) is 14.3 Å².